The van der Waals surface area contributed by atoms with Crippen molar-refractivity contribution in [2.24, 2.45) is 0 Å². The molecule has 0 spiro atoms. The van der Waals surface area contributed by atoms with Crippen molar-refractivity contribution in [1.82, 2.24) is 0 Å². The van der Waals surface area contributed by atoms with Gasteiger partial charge in [0, 0.05) is 11.8 Å². The Morgan fingerprint density at radius 3 is 2.96 bits per heavy atom. The van der Waals surface area contributed by atoms with Crippen LogP contribution in [-0.2, 0) is 16.0 Å². The van der Waals surface area contributed by atoms with Gasteiger partial charge in [0.2, 0.25) is 0 Å². The third-order valence-electron chi connectivity index (χ3n) is 4.99. The lowest BCUT2D eigenvalue weighted by Crippen LogP contribution is -3.15. The van der Waals surface area contributed by atoms with Crippen molar-refractivity contribution in [2.45, 2.75) is 6.42 Å². The van der Waals surface area contributed by atoms with E-state index in [9.17, 15) is 4.79 Å². The van der Waals surface area contributed by atoms with Crippen LogP contribution in [0.5, 0.6) is 0 Å². The number of pyridine rings is 1. The zero-order valence-corrected chi connectivity index (χ0v) is 14.0. The Hall–Kier alpha value is -2.18. The minimum absolute atomic E-state index is 0.0833. The number of fused-ring (bicyclic) bond motifs is 2. The van der Waals surface area contributed by atoms with E-state index in [4.69, 9.17) is 4.74 Å². The number of aromatic amines is 1. The number of likely N-dealkylation sites (N-methyl/N-ethyl adjacent to an activating group) is 1. The summed E-state index contributed by atoms with van der Waals surface area (Å²) in [5, 5.41) is 4.29. The Labute approximate surface area is 141 Å². The molecule has 6 nitrogen and oxygen atoms in total. The minimum atomic E-state index is 0.0833. The topological polar surface area (TPSA) is 60.2 Å². The first kappa shape index (κ1) is 15.4. The number of hydrogen-bond acceptors (Lipinski definition) is 3. The van der Waals surface area contributed by atoms with Gasteiger partial charge in [0.25, 0.3) is 11.7 Å². The first-order valence-electron chi connectivity index (χ1n) is 8.61. The first-order valence-corrected chi connectivity index (χ1v) is 8.61. The lowest BCUT2D eigenvalue weighted by molar-refractivity contribution is -0.899. The maximum absolute atomic E-state index is 12.6. The zero-order chi connectivity index (χ0) is 16.5. The van der Waals surface area contributed by atoms with Crippen LogP contribution in [0.3, 0.4) is 0 Å². The molecule has 4 rings (SSSR count). The van der Waals surface area contributed by atoms with Gasteiger partial charge in [-0.3, -0.25) is 9.69 Å². The molecule has 1 saturated heterocycles. The Morgan fingerprint density at radius 1 is 1.33 bits per heavy atom. The number of ether oxygens (including phenoxy) is 1. The van der Waals surface area contributed by atoms with Gasteiger partial charge in [0.05, 0.1) is 38.1 Å². The molecule has 126 valence electrons. The SMILES string of the molecule is CN1CCc2c1[nH+]c1ccccc1c2NC(=O)C[NH+]1CCOCC1. The second kappa shape index (κ2) is 6.37. The van der Waals surface area contributed by atoms with Crippen LogP contribution in [0.25, 0.3) is 10.9 Å². The second-order valence-electron chi connectivity index (χ2n) is 6.63. The van der Waals surface area contributed by atoms with Crippen molar-refractivity contribution in [3.8, 4) is 0 Å². The van der Waals surface area contributed by atoms with E-state index in [0.29, 0.717) is 6.54 Å². The Balaban J connectivity index is 1.64. The molecule has 0 aliphatic carbocycles. The summed E-state index contributed by atoms with van der Waals surface area (Å²) in [6, 6.07) is 8.17. The number of carbonyl (C=O) groups excluding carboxylic acids is 1. The summed E-state index contributed by atoms with van der Waals surface area (Å²) >= 11 is 0. The number of quaternary nitrogens is 1. The average molecular weight is 328 g/mol. The number of benzene rings is 1. The smallest absolute Gasteiger partial charge is 0.280 e. The van der Waals surface area contributed by atoms with Crippen molar-refractivity contribution in [3.05, 3.63) is 29.8 Å². The fourth-order valence-electron chi connectivity index (χ4n) is 3.64. The summed E-state index contributed by atoms with van der Waals surface area (Å²) in [5.74, 6) is 1.20. The highest BCUT2D eigenvalue weighted by Gasteiger charge is 2.30. The third-order valence-corrected chi connectivity index (χ3v) is 4.99. The highest BCUT2D eigenvalue weighted by molar-refractivity contribution is 6.03. The standard InChI is InChI=1S/C18H22N4O2/c1-21-7-6-14-17(13-4-2-3-5-15(13)19-18(14)21)20-16(23)12-22-8-10-24-11-9-22/h2-5H,6-12H2,1H3,(H,19,20,23)/p+2. The van der Waals surface area contributed by atoms with Crippen LogP contribution in [0.1, 0.15) is 5.56 Å². The quantitative estimate of drug-likeness (QED) is 0.799. The van der Waals surface area contributed by atoms with E-state index in [2.05, 4.69) is 34.4 Å². The van der Waals surface area contributed by atoms with Crippen LogP contribution in [0, 0.1) is 0 Å². The van der Waals surface area contributed by atoms with Crippen LogP contribution in [0.4, 0.5) is 11.5 Å². The summed E-state index contributed by atoms with van der Waals surface area (Å²) in [6.07, 6.45) is 0.952. The molecule has 2 aliphatic heterocycles. The van der Waals surface area contributed by atoms with E-state index in [1.54, 1.807) is 0 Å². The molecular formula is C18H24N4O2+2. The van der Waals surface area contributed by atoms with Gasteiger partial charge < -0.3 is 15.0 Å². The van der Waals surface area contributed by atoms with E-state index in [0.717, 1.165) is 61.7 Å². The molecule has 3 N–H and O–H groups in total. The number of nitrogens with one attached hydrogen (secondary N) is 3. The normalized spacial score (nSPS) is 18.0. The van der Waals surface area contributed by atoms with Crippen molar-refractivity contribution in [3.63, 3.8) is 0 Å². The predicted octanol–water partition coefficient (Wildman–Crippen LogP) is -0.500. The Morgan fingerprint density at radius 2 is 2.12 bits per heavy atom. The Bertz CT molecular complexity index is 771. The summed E-state index contributed by atoms with van der Waals surface area (Å²) in [4.78, 5) is 19.6. The van der Waals surface area contributed by atoms with E-state index < -0.39 is 0 Å². The predicted molar refractivity (Wildman–Crippen MR) is 92.5 cm³/mol. The van der Waals surface area contributed by atoms with E-state index in [-0.39, 0.29) is 5.91 Å². The number of amides is 1. The number of nitrogens with zero attached hydrogens (tertiary/aromatic N) is 1. The first-order chi connectivity index (χ1) is 11.7. The molecule has 0 unspecified atom stereocenters. The number of morpholine rings is 1. The number of anilines is 2. The molecule has 6 heteroatoms. The molecule has 0 radical (unpaired) electrons. The number of aromatic nitrogens is 1. The van der Waals surface area contributed by atoms with Gasteiger partial charge in [-0.15, -0.1) is 0 Å². The zero-order valence-electron chi connectivity index (χ0n) is 14.0. The number of rotatable bonds is 3. The minimum Gasteiger partial charge on any atom is -0.370 e. The molecule has 2 aliphatic rings. The van der Waals surface area contributed by atoms with Crippen molar-refractivity contribution < 1.29 is 19.4 Å². The fourth-order valence-corrected chi connectivity index (χ4v) is 3.64. The van der Waals surface area contributed by atoms with Crippen LogP contribution in [-0.4, -0.2) is 52.3 Å². The monoisotopic (exact) mass is 328 g/mol. The molecule has 0 atom stereocenters. The molecule has 1 aromatic heterocycles. The lowest BCUT2D eigenvalue weighted by atomic mass is 10.1. The van der Waals surface area contributed by atoms with Crippen LogP contribution in [0.15, 0.2) is 24.3 Å². The molecule has 1 fully saturated rings. The highest BCUT2D eigenvalue weighted by Crippen LogP contribution is 2.34. The van der Waals surface area contributed by atoms with Gasteiger partial charge in [-0.25, -0.2) is 4.98 Å². The van der Waals surface area contributed by atoms with E-state index in [1.165, 1.54) is 10.5 Å². The third kappa shape index (κ3) is 2.83. The molecule has 3 heterocycles. The molecule has 0 bridgehead atoms. The average Bonchev–Trinajstić information content (AvgIpc) is 2.97. The number of para-hydroxylation sites is 1. The lowest BCUT2D eigenvalue weighted by Gasteiger charge is -2.23. The second-order valence-corrected chi connectivity index (χ2v) is 6.63. The molecule has 1 aromatic carbocycles. The number of carbonyl (C=O) groups is 1. The van der Waals surface area contributed by atoms with Crippen molar-refractivity contribution in [1.29, 1.82) is 0 Å². The van der Waals surface area contributed by atoms with Gasteiger partial charge in [0.15, 0.2) is 6.54 Å². The molecule has 24 heavy (non-hydrogen) atoms. The van der Waals surface area contributed by atoms with Crippen molar-refractivity contribution in [2.75, 3.05) is 56.7 Å². The molecule has 2 aromatic rings. The Kier molecular flexibility index (Phi) is 4.08. The summed E-state index contributed by atoms with van der Waals surface area (Å²) in [6.45, 7) is 4.76. The van der Waals surface area contributed by atoms with Crippen LogP contribution >= 0.6 is 0 Å². The maximum Gasteiger partial charge on any atom is 0.280 e. The highest BCUT2D eigenvalue weighted by atomic mass is 16.5. The fraction of sp³-hybridized carbons (Fsp3) is 0.444. The number of H-pyrrole nitrogens is 1. The maximum atomic E-state index is 12.6. The van der Waals surface area contributed by atoms with Gasteiger partial charge in [-0.05, 0) is 12.1 Å². The van der Waals surface area contributed by atoms with Crippen LogP contribution < -0.4 is 20.1 Å². The summed E-state index contributed by atoms with van der Waals surface area (Å²) < 4.78 is 5.37. The summed E-state index contributed by atoms with van der Waals surface area (Å²) in [5.41, 5.74) is 3.24. The van der Waals surface area contributed by atoms with Gasteiger partial charge >= 0.3 is 0 Å². The molecule has 1 amide bonds. The van der Waals surface area contributed by atoms with E-state index >= 15 is 0 Å². The largest absolute Gasteiger partial charge is 0.370 e. The molecule has 0 saturated carbocycles. The van der Waals surface area contributed by atoms with Crippen LogP contribution in [0.2, 0.25) is 0 Å². The van der Waals surface area contributed by atoms with Crippen molar-refractivity contribution >= 4 is 28.3 Å². The summed E-state index contributed by atoms with van der Waals surface area (Å²) in [7, 11) is 2.08. The molecular weight excluding hydrogens is 304 g/mol. The van der Waals surface area contributed by atoms with Gasteiger partial charge in [-0.2, -0.15) is 0 Å². The van der Waals surface area contributed by atoms with Gasteiger partial charge in [-0.1, -0.05) is 12.1 Å². The number of hydrogen-bond donors (Lipinski definition) is 2. The van der Waals surface area contributed by atoms with E-state index in [1.807, 2.05) is 12.1 Å². The van der Waals surface area contributed by atoms with Gasteiger partial charge in [0.1, 0.15) is 18.6 Å².